The molecule has 1 atom stereocenters. The van der Waals surface area contributed by atoms with Crippen LogP contribution in [0.25, 0.3) is 10.9 Å². The van der Waals surface area contributed by atoms with Gasteiger partial charge >= 0.3 is 0 Å². The molecule has 0 saturated carbocycles. The molecule has 3 rings (SSSR count). The van der Waals surface area contributed by atoms with E-state index in [1.807, 2.05) is 25.1 Å². The standard InChI is InChI=1S/C18H22N4O/c1-13(21-7-5-20-6-8-21)11-22-16(10-19)9-17-14(2)15(12-23)3-4-18(17)22/h3-4,9,12-13,20H,5-8,11H2,1-2H3. The maximum atomic E-state index is 11.1. The van der Waals surface area contributed by atoms with Crippen molar-refractivity contribution in [2.75, 3.05) is 26.2 Å². The van der Waals surface area contributed by atoms with Crippen LogP contribution in [0.3, 0.4) is 0 Å². The number of piperazine rings is 1. The van der Waals surface area contributed by atoms with Crippen LogP contribution in [0.5, 0.6) is 0 Å². The van der Waals surface area contributed by atoms with Crippen molar-refractivity contribution in [1.29, 1.82) is 5.26 Å². The molecular formula is C18H22N4O. The molecule has 1 aliphatic heterocycles. The van der Waals surface area contributed by atoms with Gasteiger partial charge in [-0.1, -0.05) is 0 Å². The highest BCUT2D eigenvalue weighted by molar-refractivity contribution is 5.92. The minimum atomic E-state index is 0.367. The largest absolute Gasteiger partial charge is 0.331 e. The molecule has 5 nitrogen and oxygen atoms in total. The Morgan fingerprint density at radius 3 is 2.78 bits per heavy atom. The third-order valence-electron chi connectivity index (χ3n) is 4.86. The summed E-state index contributed by atoms with van der Waals surface area (Å²) in [4.78, 5) is 13.6. The Hall–Kier alpha value is -2.16. The molecule has 5 heteroatoms. The van der Waals surface area contributed by atoms with E-state index in [2.05, 4.69) is 27.8 Å². The van der Waals surface area contributed by atoms with Crippen LogP contribution in [0.4, 0.5) is 0 Å². The number of hydrogen-bond donors (Lipinski definition) is 1. The molecule has 0 radical (unpaired) electrons. The highest BCUT2D eigenvalue weighted by Gasteiger charge is 2.19. The van der Waals surface area contributed by atoms with Crippen molar-refractivity contribution in [2.45, 2.75) is 26.4 Å². The summed E-state index contributed by atoms with van der Waals surface area (Å²) in [5, 5.41) is 13.9. The van der Waals surface area contributed by atoms with E-state index in [1.54, 1.807) is 0 Å². The molecule has 1 aliphatic rings. The molecule has 1 N–H and O–H groups in total. The van der Waals surface area contributed by atoms with E-state index in [9.17, 15) is 10.1 Å². The van der Waals surface area contributed by atoms with Crippen LogP contribution in [-0.2, 0) is 6.54 Å². The lowest BCUT2D eigenvalue weighted by Crippen LogP contribution is -2.48. The molecule has 1 fully saturated rings. The van der Waals surface area contributed by atoms with Crippen molar-refractivity contribution in [1.82, 2.24) is 14.8 Å². The Morgan fingerprint density at radius 1 is 1.39 bits per heavy atom. The number of aromatic nitrogens is 1. The summed E-state index contributed by atoms with van der Waals surface area (Å²) < 4.78 is 2.09. The van der Waals surface area contributed by atoms with E-state index in [0.717, 1.165) is 55.5 Å². The number of nitrogens with zero attached hydrogens (tertiary/aromatic N) is 3. The maximum absolute atomic E-state index is 11.1. The van der Waals surface area contributed by atoms with Crippen LogP contribution in [0, 0.1) is 18.3 Å². The number of rotatable bonds is 4. The molecular weight excluding hydrogens is 288 g/mol. The summed E-state index contributed by atoms with van der Waals surface area (Å²) in [6.45, 7) is 9.05. The van der Waals surface area contributed by atoms with Gasteiger partial charge in [-0.2, -0.15) is 5.26 Å². The van der Waals surface area contributed by atoms with Crippen molar-refractivity contribution >= 4 is 17.2 Å². The minimum absolute atomic E-state index is 0.367. The van der Waals surface area contributed by atoms with Gasteiger partial charge in [-0.25, -0.2) is 0 Å². The lowest BCUT2D eigenvalue weighted by atomic mass is 10.1. The van der Waals surface area contributed by atoms with Crippen molar-refractivity contribution in [3.8, 4) is 6.07 Å². The monoisotopic (exact) mass is 310 g/mol. The van der Waals surface area contributed by atoms with Gasteiger partial charge in [0.25, 0.3) is 0 Å². The van der Waals surface area contributed by atoms with Crippen LogP contribution in [-0.4, -0.2) is 48.0 Å². The second kappa shape index (κ2) is 6.53. The molecule has 23 heavy (non-hydrogen) atoms. The molecule has 2 heterocycles. The highest BCUT2D eigenvalue weighted by atomic mass is 16.1. The molecule has 0 aliphatic carbocycles. The van der Waals surface area contributed by atoms with E-state index >= 15 is 0 Å². The number of nitriles is 1. The van der Waals surface area contributed by atoms with Crippen molar-refractivity contribution in [2.24, 2.45) is 0 Å². The number of benzene rings is 1. The van der Waals surface area contributed by atoms with Crippen molar-refractivity contribution in [3.05, 3.63) is 35.0 Å². The van der Waals surface area contributed by atoms with E-state index < -0.39 is 0 Å². The second-order valence-corrected chi connectivity index (χ2v) is 6.22. The van der Waals surface area contributed by atoms with Crippen LogP contribution in [0.1, 0.15) is 28.5 Å². The first-order chi connectivity index (χ1) is 11.2. The fourth-order valence-corrected chi connectivity index (χ4v) is 3.41. The summed E-state index contributed by atoms with van der Waals surface area (Å²) >= 11 is 0. The number of carbonyl (C=O) groups excluding carboxylic acids is 1. The number of fused-ring (bicyclic) bond motifs is 1. The molecule has 0 amide bonds. The van der Waals surface area contributed by atoms with E-state index in [1.165, 1.54) is 0 Å². The zero-order valence-corrected chi connectivity index (χ0v) is 13.7. The number of nitrogens with one attached hydrogen (secondary N) is 1. The van der Waals surface area contributed by atoms with Crippen LogP contribution in [0.2, 0.25) is 0 Å². The SMILES string of the molecule is Cc1c(C=O)ccc2c1cc(C#N)n2CC(C)N1CCNCC1. The average Bonchev–Trinajstić information content (AvgIpc) is 2.94. The average molecular weight is 310 g/mol. The molecule has 1 aromatic carbocycles. The third-order valence-corrected chi connectivity index (χ3v) is 4.86. The Labute approximate surface area is 136 Å². The van der Waals surface area contributed by atoms with Gasteiger partial charge in [0.05, 0.1) is 0 Å². The molecule has 0 bridgehead atoms. The summed E-state index contributed by atoms with van der Waals surface area (Å²) in [7, 11) is 0. The molecule has 1 saturated heterocycles. The van der Waals surface area contributed by atoms with Crippen LogP contribution in [0.15, 0.2) is 18.2 Å². The first-order valence-electron chi connectivity index (χ1n) is 8.08. The summed E-state index contributed by atoms with van der Waals surface area (Å²) in [5.74, 6) is 0. The zero-order chi connectivity index (χ0) is 16.4. The van der Waals surface area contributed by atoms with Gasteiger partial charge in [0.2, 0.25) is 0 Å². The summed E-state index contributed by atoms with van der Waals surface area (Å²) in [6, 6.07) is 8.37. The van der Waals surface area contributed by atoms with Gasteiger partial charge < -0.3 is 9.88 Å². The third kappa shape index (κ3) is 2.88. The molecule has 2 aromatic rings. The fourth-order valence-electron chi connectivity index (χ4n) is 3.41. The van der Waals surface area contributed by atoms with E-state index in [4.69, 9.17) is 0 Å². The van der Waals surface area contributed by atoms with Gasteiger partial charge in [0.15, 0.2) is 0 Å². The fraction of sp³-hybridized carbons (Fsp3) is 0.444. The Morgan fingerprint density at radius 2 is 2.13 bits per heavy atom. The first-order valence-corrected chi connectivity index (χ1v) is 8.08. The normalized spacial score (nSPS) is 17.1. The highest BCUT2D eigenvalue weighted by Crippen LogP contribution is 2.26. The minimum Gasteiger partial charge on any atom is -0.331 e. The predicted octanol–water partition coefficient (Wildman–Crippen LogP) is 1.93. The zero-order valence-electron chi connectivity index (χ0n) is 13.7. The first kappa shape index (κ1) is 15.7. The molecule has 1 aromatic heterocycles. The Kier molecular flexibility index (Phi) is 4.46. The number of aldehydes is 1. The van der Waals surface area contributed by atoms with Crippen LogP contribution >= 0.6 is 0 Å². The maximum Gasteiger partial charge on any atom is 0.150 e. The molecule has 120 valence electrons. The van der Waals surface area contributed by atoms with Crippen molar-refractivity contribution < 1.29 is 4.79 Å². The predicted molar refractivity (Wildman–Crippen MR) is 90.7 cm³/mol. The topological polar surface area (TPSA) is 61.1 Å². The lowest BCUT2D eigenvalue weighted by molar-refractivity contribution is 0.112. The number of carbonyl (C=O) groups is 1. The Balaban J connectivity index is 1.97. The smallest absolute Gasteiger partial charge is 0.150 e. The number of hydrogen-bond acceptors (Lipinski definition) is 4. The van der Waals surface area contributed by atoms with Crippen LogP contribution < -0.4 is 5.32 Å². The Bertz CT molecular complexity index is 765. The quantitative estimate of drug-likeness (QED) is 0.877. The lowest BCUT2D eigenvalue weighted by Gasteiger charge is -2.33. The van der Waals surface area contributed by atoms with Gasteiger partial charge in [-0.3, -0.25) is 9.69 Å². The van der Waals surface area contributed by atoms with Crippen molar-refractivity contribution in [3.63, 3.8) is 0 Å². The van der Waals surface area contributed by atoms with Gasteiger partial charge in [0, 0.05) is 55.2 Å². The van der Waals surface area contributed by atoms with E-state index in [-0.39, 0.29) is 0 Å². The number of aryl methyl sites for hydroxylation is 1. The second-order valence-electron chi connectivity index (χ2n) is 6.22. The summed E-state index contributed by atoms with van der Waals surface area (Å²) in [6.07, 6.45) is 0.877. The summed E-state index contributed by atoms with van der Waals surface area (Å²) in [5.41, 5.74) is 3.33. The van der Waals surface area contributed by atoms with Gasteiger partial charge in [-0.15, -0.1) is 0 Å². The van der Waals surface area contributed by atoms with Gasteiger partial charge in [-0.05, 0) is 37.6 Å². The molecule has 0 spiro atoms. The van der Waals surface area contributed by atoms with Gasteiger partial charge in [0.1, 0.15) is 18.0 Å². The van der Waals surface area contributed by atoms with E-state index in [0.29, 0.717) is 17.3 Å². The molecule has 1 unspecified atom stereocenters.